The standard InChI is InChI=1S/C16H30N2O3/c1-4-16(5-2,15(20)21)11-14(19)17-13(3)12-18-9-7-6-8-10-18/h13H,4-12H2,1-3H3,(H,17,19)(H,20,21). The van der Waals surface area contributed by atoms with Gasteiger partial charge in [0.15, 0.2) is 0 Å². The molecule has 1 amide bonds. The molecule has 1 rings (SSSR count). The predicted molar refractivity (Wildman–Crippen MR) is 83.2 cm³/mol. The summed E-state index contributed by atoms with van der Waals surface area (Å²) in [6.45, 7) is 8.72. The van der Waals surface area contributed by atoms with Gasteiger partial charge in [-0.05, 0) is 45.7 Å². The van der Waals surface area contributed by atoms with E-state index in [-0.39, 0.29) is 18.4 Å². The van der Waals surface area contributed by atoms with Crippen LogP contribution in [-0.2, 0) is 9.59 Å². The van der Waals surface area contributed by atoms with Crippen LogP contribution >= 0.6 is 0 Å². The van der Waals surface area contributed by atoms with Gasteiger partial charge in [-0.3, -0.25) is 9.59 Å². The van der Waals surface area contributed by atoms with Crippen molar-refractivity contribution in [2.24, 2.45) is 5.41 Å². The van der Waals surface area contributed by atoms with Gasteiger partial charge in [0.2, 0.25) is 5.91 Å². The van der Waals surface area contributed by atoms with Gasteiger partial charge < -0.3 is 15.3 Å². The van der Waals surface area contributed by atoms with E-state index in [0.29, 0.717) is 12.8 Å². The number of likely N-dealkylation sites (tertiary alicyclic amines) is 1. The van der Waals surface area contributed by atoms with Crippen LogP contribution in [0.15, 0.2) is 0 Å². The first-order valence-corrected chi connectivity index (χ1v) is 8.18. The van der Waals surface area contributed by atoms with E-state index >= 15 is 0 Å². The quantitative estimate of drug-likeness (QED) is 0.721. The number of nitrogens with zero attached hydrogens (tertiary/aromatic N) is 1. The molecular formula is C16H30N2O3. The van der Waals surface area contributed by atoms with Crippen LogP contribution in [0, 0.1) is 5.41 Å². The van der Waals surface area contributed by atoms with E-state index in [2.05, 4.69) is 10.2 Å². The number of rotatable bonds is 8. The minimum absolute atomic E-state index is 0.0656. The molecule has 5 heteroatoms. The van der Waals surface area contributed by atoms with Crippen LogP contribution in [0.2, 0.25) is 0 Å². The Morgan fingerprint density at radius 3 is 2.24 bits per heavy atom. The van der Waals surface area contributed by atoms with E-state index in [1.165, 1.54) is 19.3 Å². The molecule has 1 atom stereocenters. The molecule has 1 saturated heterocycles. The number of amides is 1. The van der Waals surface area contributed by atoms with Gasteiger partial charge in [-0.2, -0.15) is 0 Å². The fourth-order valence-electron chi connectivity index (χ4n) is 3.09. The molecule has 0 radical (unpaired) electrons. The molecule has 0 saturated carbocycles. The predicted octanol–water partition coefficient (Wildman–Crippen LogP) is 2.26. The normalized spacial score (nSPS) is 18.2. The highest BCUT2D eigenvalue weighted by Crippen LogP contribution is 2.30. The van der Waals surface area contributed by atoms with E-state index in [0.717, 1.165) is 19.6 Å². The van der Waals surface area contributed by atoms with E-state index in [9.17, 15) is 14.7 Å². The monoisotopic (exact) mass is 298 g/mol. The van der Waals surface area contributed by atoms with Crippen LogP contribution in [0.4, 0.5) is 0 Å². The van der Waals surface area contributed by atoms with Crippen molar-refractivity contribution < 1.29 is 14.7 Å². The van der Waals surface area contributed by atoms with E-state index < -0.39 is 11.4 Å². The third kappa shape index (κ3) is 5.30. The van der Waals surface area contributed by atoms with Gasteiger partial charge in [0.25, 0.3) is 0 Å². The molecule has 0 spiro atoms. The average molecular weight is 298 g/mol. The highest BCUT2D eigenvalue weighted by Gasteiger charge is 2.37. The zero-order valence-electron chi connectivity index (χ0n) is 13.7. The largest absolute Gasteiger partial charge is 0.481 e. The summed E-state index contributed by atoms with van der Waals surface area (Å²) in [4.78, 5) is 25.9. The van der Waals surface area contributed by atoms with Gasteiger partial charge in [-0.25, -0.2) is 0 Å². The van der Waals surface area contributed by atoms with Crippen LogP contribution in [-0.4, -0.2) is 47.6 Å². The molecular weight excluding hydrogens is 268 g/mol. The number of carboxylic acids is 1. The summed E-state index contributed by atoms with van der Waals surface area (Å²) in [6, 6.07) is 0.0656. The third-order valence-corrected chi connectivity index (χ3v) is 4.69. The molecule has 0 bridgehead atoms. The minimum Gasteiger partial charge on any atom is -0.481 e. The van der Waals surface area contributed by atoms with Crippen molar-refractivity contribution in [2.75, 3.05) is 19.6 Å². The topological polar surface area (TPSA) is 69.6 Å². The molecule has 2 N–H and O–H groups in total. The van der Waals surface area contributed by atoms with Gasteiger partial charge in [0.05, 0.1) is 5.41 Å². The van der Waals surface area contributed by atoms with Crippen LogP contribution in [0.25, 0.3) is 0 Å². The van der Waals surface area contributed by atoms with Crippen LogP contribution in [0.3, 0.4) is 0 Å². The van der Waals surface area contributed by atoms with E-state index in [1.807, 2.05) is 20.8 Å². The van der Waals surface area contributed by atoms with Crippen molar-refractivity contribution in [1.29, 1.82) is 0 Å². The number of aliphatic carboxylic acids is 1. The third-order valence-electron chi connectivity index (χ3n) is 4.69. The molecule has 0 aromatic rings. The first kappa shape index (κ1) is 18.0. The summed E-state index contributed by atoms with van der Waals surface area (Å²) < 4.78 is 0. The summed E-state index contributed by atoms with van der Waals surface area (Å²) in [6.07, 6.45) is 4.79. The Kier molecular flexibility index (Phi) is 7.15. The van der Waals surface area contributed by atoms with Crippen molar-refractivity contribution in [3.8, 4) is 0 Å². The second-order valence-electron chi connectivity index (χ2n) is 6.30. The smallest absolute Gasteiger partial charge is 0.310 e. The number of carbonyl (C=O) groups is 2. The van der Waals surface area contributed by atoms with Gasteiger partial charge in [0, 0.05) is 19.0 Å². The lowest BCUT2D eigenvalue weighted by molar-refractivity contribution is -0.152. The van der Waals surface area contributed by atoms with Gasteiger partial charge >= 0.3 is 5.97 Å². The number of nitrogens with one attached hydrogen (secondary N) is 1. The Morgan fingerprint density at radius 1 is 1.19 bits per heavy atom. The molecule has 5 nitrogen and oxygen atoms in total. The summed E-state index contributed by atoms with van der Waals surface area (Å²) in [5.74, 6) is -1.02. The number of hydrogen-bond donors (Lipinski definition) is 2. The fourth-order valence-corrected chi connectivity index (χ4v) is 3.09. The Hall–Kier alpha value is -1.10. The maximum atomic E-state index is 12.1. The van der Waals surface area contributed by atoms with Crippen molar-refractivity contribution in [3.05, 3.63) is 0 Å². The zero-order chi connectivity index (χ0) is 15.9. The highest BCUT2D eigenvalue weighted by atomic mass is 16.4. The molecule has 1 fully saturated rings. The molecule has 122 valence electrons. The van der Waals surface area contributed by atoms with Crippen molar-refractivity contribution in [2.45, 2.75) is 65.3 Å². The molecule has 0 aliphatic carbocycles. The average Bonchev–Trinajstić information content (AvgIpc) is 2.45. The number of piperidine rings is 1. The molecule has 1 unspecified atom stereocenters. The summed E-state index contributed by atoms with van der Waals surface area (Å²) in [5.41, 5.74) is -0.922. The minimum atomic E-state index is -0.922. The molecule has 0 aromatic carbocycles. The number of carboxylic acid groups (broad SMARTS) is 1. The first-order chi connectivity index (χ1) is 9.93. The van der Waals surface area contributed by atoms with Crippen molar-refractivity contribution in [1.82, 2.24) is 10.2 Å². The lowest BCUT2D eigenvalue weighted by Gasteiger charge is -2.30. The highest BCUT2D eigenvalue weighted by molar-refractivity contribution is 5.85. The molecule has 0 aromatic heterocycles. The summed E-state index contributed by atoms with van der Waals surface area (Å²) in [5, 5.41) is 12.3. The molecule has 21 heavy (non-hydrogen) atoms. The molecule has 1 aliphatic rings. The Labute approximate surface area is 128 Å². The van der Waals surface area contributed by atoms with Gasteiger partial charge in [-0.15, -0.1) is 0 Å². The second-order valence-corrected chi connectivity index (χ2v) is 6.30. The molecule has 1 heterocycles. The van der Waals surface area contributed by atoms with Crippen LogP contribution in [0.5, 0.6) is 0 Å². The Bertz CT molecular complexity index is 347. The van der Waals surface area contributed by atoms with E-state index in [1.54, 1.807) is 0 Å². The lowest BCUT2D eigenvalue weighted by Crippen LogP contribution is -2.45. The van der Waals surface area contributed by atoms with Crippen LogP contribution in [0.1, 0.15) is 59.3 Å². The second kappa shape index (κ2) is 8.37. The first-order valence-electron chi connectivity index (χ1n) is 8.18. The van der Waals surface area contributed by atoms with E-state index in [4.69, 9.17) is 0 Å². The summed E-state index contributed by atoms with van der Waals surface area (Å²) >= 11 is 0. The Morgan fingerprint density at radius 2 is 1.76 bits per heavy atom. The maximum absolute atomic E-state index is 12.1. The van der Waals surface area contributed by atoms with Gasteiger partial charge in [-0.1, -0.05) is 20.3 Å². The summed E-state index contributed by atoms with van der Waals surface area (Å²) in [7, 11) is 0. The lowest BCUT2D eigenvalue weighted by atomic mass is 9.79. The van der Waals surface area contributed by atoms with Crippen molar-refractivity contribution in [3.63, 3.8) is 0 Å². The fraction of sp³-hybridized carbons (Fsp3) is 0.875. The van der Waals surface area contributed by atoms with Gasteiger partial charge in [0.1, 0.15) is 0 Å². The Balaban J connectivity index is 2.45. The zero-order valence-corrected chi connectivity index (χ0v) is 13.7. The number of hydrogen-bond acceptors (Lipinski definition) is 3. The van der Waals surface area contributed by atoms with Crippen molar-refractivity contribution >= 4 is 11.9 Å². The number of carbonyl (C=O) groups excluding carboxylic acids is 1. The maximum Gasteiger partial charge on any atom is 0.310 e. The SMILES string of the molecule is CCC(CC)(CC(=O)NC(C)CN1CCCCC1)C(=O)O. The molecule has 1 aliphatic heterocycles. The van der Waals surface area contributed by atoms with Crippen LogP contribution < -0.4 is 5.32 Å².